The Morgan fingerprint density at radius 1 is 1.19 bits per heavy atom. The quantitative estimate of drug-likeness (QED) is 0.247. The van der Waals surface area contributed by atoms with Crippen LogP contribution in [0.4, 0.5) is 0 Å². The van der Waals surface area contributed by atoms with Gasteiger partial charge in [0.05, 0.1) is 19.8 Å². The van der Waals surface area contributed by atoms with Gasteiger partial charge in [-0.1, -0.05) is 6.07 Å². The molecular weight excluding hydrogens is 404 g/mol. The van der Waals surface area contributed by atoms with Gasteiger partial charge in [-0.2, -0.15) is 0 Å². The van der Waals surface area contributed by atoms with Crippen molar-refractivity contribution in [1.82, 2.24) is 15.4 Å². The number of pyridine rings is 1. The van der Waals surface area contributed by atoms with Gasteiger partial charge >= 0.3 is 15.2 Å². The third-order valence-electron chi connectivity index (χ3n) is 3.56. The first-order chi connectivity index (χ1) is 12.5. The number of hydrogen-bond donors (Lipinski definition) is 7. The van der Waals surface area contributed by atoms with Crippen LogP contribution in [0.3, 0.4) is 0 Å². The maximum atomic E-state index is 11.0. The molecule has 0 bridgehead atoms. The van der Waals surface area contributed by atoms with E-state index < -0.39 is 26.7 Å². The Labute approximate surface area is 156 Å². The Bertz CT molecular complexity index is 624. The van der Waals surface area contributed by atoms with Crippen LogP contribution in [0.1, 0.15) is 5.56 Å². The lowest BCUT2D eigenvalue weighted by Crippen LogP contribution is -2.46. The van der Waals surface area contributed by atoms with E-state index in [1.54, 1.807) is 0 Å². The van der Waals surface area contributed by atoms with Crippen molar-refractivity contribution in [1.29, 1.82) is 0 Å². The summed E-state index contributed by atoms with van der Waals surface area (Å²) >= 11 is 0. The topological polar surface area (TPSA) is 193 Å². The lowest BCUT2D eigenvalue weighted by molar-refractivity contribution is 0.00944. The molecule has 0 radical (unpaired) electrons. The van der Waals surface area contributed by atoms with Gasteiger partial charge in [-0.25, -0.2) is 5.01 Å². The minimum Gasteiger partial charge on any atom is -0.395 e. The van der Waals surface area contributed by atoms with Gasteiger partial charge < -0.3 is 34.5 Å². The van der Waals surface area contributed by atoms with Gasteiger partial charge in [-0.05, 0) is 11.6 Å². The summed E-state index contributed by atoms with van der Waals surface area (Å²) in [4.78, 5) is 39.1. The van der Waals surface area contributed by atoms with Crippen molar-refractivity contribution in [3.8, 4) is 0 Å². The SMILES string of the molecule is O=P(O)(O)C(O)(Cc1cccnc1)P(=O)(O)O.OCCNN1CCOCC1. The monoisotopic (exact) mass is 429 g/mol. The van der Waals surface area contributed by atoms with Gasteiger partial charge in [0.1, 0.15) is 0 Å². The van der Waals surface area contributed by atoms with Gasteiger partial charge in [0, 0.05) is 38.4 Å². The van der Waals surface area contributed by atoms with Crippen molar-refractivity contribution in [2.24, 2.45) is 0 Å². The number of hydrogen-bond acceptors (Lipinski definition) is 8. The van der Waals surface area contributed by atoms with E-state index in [9.17, 15) is 14.2 Å². The number of nitrogens with one attached hydrogen (secondary N) is 1. The average molecular weight is 429 g/mol. The van der Waals surface area contributed by atoms with E-state index in [2.05, 4.69) is 15.4 Å². The molecule has 12 nitrogen and oxygen atoms in total. The van der Waals surface area contributed by atoms with E-state index in [-0.39, 0.29) is 12.2 Å². The molecule has 156 valence electrons. The lowest BCUT2D eigenvalue weighted by atomic mass is 10.2. The highest BCUT2D eigenvalue weighted by atomic mass is 31.2. The summed E-state index contributed by atoms with van der Waals surface area (Å²) in [6, 6.07) is 2.75. The van der Waals surface area contributed by atoms with Crippen LogP contribution in [0.25, 0.3) is 0 Å². The van der Waals surface area contributed by atoms with Crippen LogP contribution in [0, 0.1) is 0 Å². The molecule has 0 amide bonds. The first kappa shape index (κ1) is 24.3. The van der Waals surface area contributed by atoms with E-state index in [1.807, 2.05) is 0 Å². The predicted octanol–water partition coefficient (Wildman–Crippen LogP) is -1.56. The van der Waals surface area contributed by atoms with Crippen LogP contribution in [0.2, 0.25) is 0 Å². The summed E-state index contributed by atoms with van der Waals surface area (Å²) < 4.78 is 27.2. The second-order valence-electron chi connectivity index (χ2n) is 5.63. The maximum absolute atomic E-state index is 11.0. The Morgan fingerprint density at radius 2 is 1.78 bits per heavy atom. The summed E-state index contributed by atoms with van der Waals surface area (Å²) in [5.41, 5.74) is 3.17. The van der Waals surface area contributed by atoms with Gasteiger partial charge in [0.25, 0.3) is 5.08 Å². The third-order valence-corrected chi connectivity index (χ3v) is 7.30. The Kier molecular flexibility index (Phi) is 9.63. The molecular formula is C13H25N3O9P2. The second-order valence-corrected chi connectivity index (χ2v) is 9.64. The Hall–Kier alpha value is -0.750. The Balaban J connectivity index is 0.000000309. The molecule has 1 saturated heterocycles. The molecule has 1 aliphatic heterocycles. The average Bonchev–Trinajstić information content (AvgIpc) is 2.60. The number of rotatable bonds is 7. The fraction of sp³-hybridized carbons (Fsp3) is 0.615. The van der Waals surface area contributed by atoms with Crippen molar-refractivity contribution >= 4 is 15.2 Å². The molecule has 0 aliphatic carbocycles. The number of aromatic nitrogens is 1. The zero-order valence-electron chi connectivity index (χ0n) is 14.5. The fourth-order valence-corrected chi connectivity index (χ4v) is 4.22. The smallest absolute Gasteiger partial charge is 0.369 e. The number of ether oxygens (including phenoxy) is 1. The summed E-state index contributed by atoms with van der Waals surface area (Å²) in [6.07, 6.45) is 1.63. The highest BCUT2D eigenvalue weighted by Crippen LogP contribution is 2.68. The van der Waals surface area contributed by atoms with E-state index >= 15 is 0 Å². The van der Waals surface area contributed by atoms with Crippen LogP contribution < -0.4 is 5.43 Å². The third kappa shape index (κ3) is 7.65. The van der Waals surface area contributed by atoms with Crippen molar-refractivity contribution in [3.63, 3.8) is 0 Å². The first-order valence-corrected chi connectivity index (χ1v) is 11.1. The molecule has 1 aromatic heterocycles. The second kappa shape index (κ2) is 10.7. The summed E-state index contributed by atoms with van der Waals surface area (Å²) in [5, 5.41) is 16.7. The zero-order valence-corrected chi connectivity index (χ0v) is 16.2. The van der Waals surface area contributed by atoms with Gasteiger partial charge in [-0.3, -0.25) is 19.5 Å². The molecule has 7 N–H and O–H groups in total. The number of hydrazine groups is 1. The molecule has 0 aromatic carbocycles. The van der Waals surface area contributed by atoms with Gasteiger partial charge in [0.2, 0.25) is 0 Å². The number of morpholine rings is 1. The largest absolute Gasteiger partial charge is 0.395 e. The van der Waals surface area contributed by atoms with E-state index in [4.69, 9.17) is 29.4 Å². The normalized spacial score (nSPS) is 16.5. The van der Waals surface area contributed by atoms with Crippen LogP contribution in [-0.4, -0.2) is 84.3 Å². The molecule has 2 heterocycles. The van der Waals surface area contributed by atoms with Crippen molar-refractivity contribution in [3.05, 3.63) is 30.1 Å². The molecule has 27 heavy (non-hydrogen) atoms. The molecule has 0 atom stereocenters. The predicted molar refractivity (Wildman–Crippen MR) is 94.5 cm³/mol. The molecule has 0 unspecified atom stereocenters. The lowest BCUT2D eigenvalue weighted by Gasteiger charge is -2.29. The van der Waals surface area contributed by atoms with Crippen LogP contribution in [0.5, 0.6) is 0 Å². The number of aliphatic hydroxyl groups is 2. The summed E-state index contributed by atoms with van der Waals surface area (Å²) in [5.74, 6) is 0. The summed E-state index contributed by atoms with van der Waals surface area (Å²) in [7, 11) is -10.8. The first-order valence-electron chi connectivity index (χ1n) is 7.91. The zero-order chi connectivity index (χ0) is 20.6. The Morgan fingerprint density at radius 3 is 2.22 bits per heavy atom. The minimum atomic E-state index is -5.41. The van der Waals surface area contributed by atoms with Gasteiger partial charge in [0.15, 0.2) is 0 Å². The van der Waals surface area contributed by atoms with Gasteiger partial charge in [-0.15, -0.1) is 0 Å². The highest BCUT2D eigenvalue weighted by molar-refractivity contribution is 7.72. The molecule has 2 rings (SSSR count). The van der Waals surface area contributed by atoms with Crippen molar-refractivity contribution in [2.75, 3.05) is 39.5 Å². The minimum absolute atomic E-state index is 0.0988. The number of aliphatic hydroxyl groups excluding tert-OH is 1. The molecule has 1 fully saturated rings. The fourth-order valence-electron chi connectivity index (χ4n) is 2.08. The van der Waals surface area contributed by atoms with E-state index in [0.717, 1.165) is 32.5 Å². The molecule has 14 heteroatoms. The standard InChI is InChI=1S/C7H11NO7P2.C6H14N2O2/c9-7(16(10,11)12,17(13,14)15)4-6-2-1-3-8-5-6;9-4-1-7-8-2-5-10-6-3-8/h1-3,5,9H,4H2,(H2,10,11,12)(H2,13,14,15);7,9H,1-6H2. The molecule has 0 saturated carbocycles. The molecule has 1 aromatic rings. The van der Waals surface area contributed by atoms with Crippen LogP contribution in [0.15, 0.2) is 24.5 Å². The number of nitrogens with zero attached hydrogens (tertiary/aromatic N) is 2. The maximum Gasteiger partial charge on any atom is 0.369 e. The highest BCUT2D eigenvalue weighted by Gasteiger charge is 2.59. The molecule has 0 spiro atoms. The summed E-state index contributed by atoms with van der Waals surface area (Å²) in [6.45, 7) is 4.24. The van der Waals surface area contributed by atoms with E-state index in [0.29, 0.717) is 6.54 Å². The van der Waals surface area contributed by atoms with E-state index in [1.165, 1.54) is 18.3 Å². The van der Waals surface area contributed by atoms with Crippen molar-refractivity contribution < 1.29 is 43.7 Å². The molecule has 1 aliphatic rings. The van der Waals surface area contributed by atoms with Crippen molar-refractivity contribution in [2.45, 2.75) is 11.5 Å². The van der Waals surface area contributed by atoms with Crippen LogP contribution in [-0.2, 0) is 20.3 Å². The van der Waals surface area contributed by atoms with Crippen LogP contribution >= 0.6 is 15.2 Å².